The van der Waals surface area contributed by atoms with Gasteiger partial charge in [-0.1, -0.05) is 29.0 Å². The van der Waals surface area contributed by atoms with Crippen LogP contribution in [0.2, 0.25) is 5.02 Å². The van der Waals surface area contributed by atoms with Gasteiger partial charge in [0.15, 0.2) is 15.0 Å². The number of rotatable bonds is 7. The van der Waals surface area contributed by atoms with Crippen LogP contribution in [0.1, 0.15) is 11.1 Å². The Kier molecular flexibility index (Phi) is 6.64. The third kappa shape index (κ3) is 5.16. The molecule has 170 valence electrons. The van der Waals surface area contributed by atoms with Crippen molar-refractivity contribution in [2.75, 3.05) is 17.8 Å². The molecule has 2 aromatic carbocycles. The average Bonchev–Trinajstić information content (AvgIpc) is 3.22. The fourth-order valence-corrected chi connectivity index (χ4v) is 5.94. The van der Waals surface area contributed by atoms with Gasteiger partial charge >= 0.3 is 0 Å². The van der Waals surface area contributed by atoms with Gasteiger partial charge in [0.2, 0.25) is 5.91 Å². The minimum Gasteiger partial charge on any atom is -0.497 e. The van der Waals surface area contributed by atoms with Crippen molar-refractivity contribution in [2.24, 2.45) is 0 Å². The van der Waals surface area contributed by atoms with Crippen molar-refractivity contribution < 1.29 is 17.9 Å². The molecule has 0 aliphatic carbocycles. The molecule has 0 spiro atoms. The number of halogens is 1. The Labute approximate surface area is 200 Å². The van der Waals surface area contributed by atoms with Crippen molar-refractivity contribution in [1.82, 2.24) is 9.97 Å². The molecule has 0 radical (unpaired) electrons. The normalized spacial score (nSPS) is 11.5. The highest BCUT2D eigenvalue weighted by Crippen LogP contribution is 2.34. The Morgan fingerprint density at radius 3 is 2.61 bits per heavy atom. The molecule has 2 heterocycles. The van der Waals surface area contributed by atoms with Crippen LogP contribution in [0.5, 0.6) is 5.75 Å². The van der Waals surface area contributed by atoms with Gasteiger partial charge in [0.25, 0.3) is 0 Å². The van der Waals surface area contributed by atoms with Gasteiger partial charge < -0.3 is 4.74 Å². The van der Waals surface area contributed by atoms with Crippen LogP contribution in [0, 0.1) is 6.92 Å². The van der Waals surface area contributed by atoms with Crippen molar-refractivity contribution in [3.63, 3.8) is 0 Å². The first kappa shape index (κ1) is 23.2. The first-order valence-corrected chi connectivity index (χ1v) is 12.7. The summed E-state index contributed by atoms with van der Waals surface area (Å²) in [5, 5.41) is 0.969. The number of carbonyl (C=O) groups is 1. The molecule has 0 saturated carbocycles. The summed E-state index contributed by atoms with van der Waals surface area (Å²) < 4.78 is 31.8. The van der Waals surface area contributed by atoms with E-state index in [1.54, 1.807) is 42.7 Å². The lowest BCUT2D eigenvalue weighted by Crippen LogP contribution is -2.35. The number of hydrogen-bond donors (Lipinski definition) is 0. The van der Waals surface area contributed by atoms with E-state index in [1.165, 1.54) is 35.5 Å². The summed E-state index contributed by atoms with van der Waals surface area (Å²) in [7, 11) is -2.39. The molecule has 0 fully saturated rings. The van der Waals surface area contributed by atoms with Gasteiger partial charge in [-0.2, -0.15) is 0 Å². The average molecular weight is 502 g/mol. The second-order valence-corrected chi connectivity index (χ2v) is 10.8. The molecule has 0 bridgehead atoms. The van der Waals surface area contributed by atoms with E-state index in [1.807, 2.05) is 13.0 Å². The topological polar surface area (TPSA) is 89.5 Å². The number of pyridine rings is 1. The van der Waals surface area contributed by atoms with Gasteiger partial charge in [0.1, 0.15) is 11.5 Å². The largest absolute Gasteiger partial charge is 0.497 e. The Morgan fingerprint density at radius 1 is 1.18 bits per heavy atom. The van der Waals surface area contributed by atoms with Gasteiger partial charge in [-0.3, -0.25) is 14.7 Å². The van der Waals surface area contributed by atoms with Gasteiger partial charge in [-0.05, 0) is 60.5 Å². The van der Waals surface area contributed by atoms with Crippen LogP contribution in [0.15, 0.2) is 65.8 Å². The third-order valence-corrected chi connectivity index (χ3v) is 7.83. The molecule has 0 aliphatic heterocycles. The zero-order valence-corrected chi connectivity index (χ0v) is 20.2. The van der Waals surface area contributed by atoms with E-state index in [4.69, 9.17) is 16.3 Å². The maximum absolute atomic E-state index is 13.3. The number of carbonyl (C=O) groups excluding carboxylic acids is 1. The molecule has 7 nitrogen and oxygen atoms in total. The number of aryl methyl sites for hydroxylation is 1. The summed E-state index contributed by atoms with van der Waals surface area (Å²) >= 11 is 7.47. The maximum atomic E-state index is 13.3. The van der Waals surface area contributed by atoms with E-state index in [2.05, 4.69) is 9.97 Å². The van der Waals surface area contributed by atoms with Gasteiger partial charge in [0, 0.05) is 17.4 Å². The quantitative estimate of drug-likeness (QED) is 0.365. The number of benzene rings is 2. The van der Waals surface area contributed by atoms with Gasteiger partial charge in [0.05, 0.1) is 28.8 Å². The molecule has 0 aliphatic rings. The summed E-state index contributed by atoms with van der Waals surface area (Å²) in [5.41, 5.74) is 2.35. The van der Waals surface area contributed by atoms with Gasteiger partial charge in [-0.15, -0.1) is 0 Å². The first-order valence-electron chi connectivity index (χ1n) is 9.89. The van der Waals surface area contributed by atoms with E-state index in [0.29, 0.717) is 15.9 Å². The smallest absolute Gasteiger partial charge is 0.244 e. The van der Waals surface area contributed by atoms with E-state index in [9.17, 15) is 13.2 Å². The number of aromatic nitrogens is 2. The molecule has 0 N–H and O–H groups in total. The second kappa shape index (κ2) is 9.46. The van der Waals surface area contributed by atoms with Crippen LogP contribution >= 0.6 is 22.9 Å². The zero-order valence-electron chi connectivity index (χ0n) is 17.9. The molecular formula is C23H20ClN3O4S2. The molecule has 4 rings (SSSR count). The van der Waals surface area contributed by atoms with Crippen molar-refractivity contribution in [3.8, 4) is 5.75 Å². The number of ether oxygens (including phenoxy) is 1. The highest BCUT2D eigenvalue weighted by atomic mass is 35.5. The number of thiazole rings is 1. The van der Waals surface area contributed by atoms with Crippen molar-refractivity contribution in [3.05, 3.63) is 77.1 Å². The third-order valence-electron chi connectivity index (χ3n) is 4.97. The molecule has 10 heteroatoms. The summed E-state index contributed by atoms with van der Waals surface area (Å²) in [6, 6.07) is 13.1. The molecule has 1 amide bonds. The summed E-state index contributed by atoms with van der Waals surface area (Å²) in [4.78, 5) is 23.5. The fourth-order valence-electron chi connectivity index (χ4n) is 3.30. The Balaban J connectivity index is 1.70. The maximum Gasteiger partial charge on any atom is 0.244 e. The minimum absolute atomic E-state index is 0.0462. The summed E-state index contributed by atoms with van der Waals surface area (Å²) in [6.45, 7) is 2.02. The monoisotopic (exact) mass is 501 g/mol. The minimum atomic E-state index is -3.88. The summed E-state index contributed by atoms with van der Waals surface area (Å²) in [6.07, 6.45) is 3.26. The van der Waals surface area contributed by atoms with Gasteiger partial charge in [-0.25, -0.2) is 13.4 Å². The fraction of sp³-hybridized carbons (Fsp3) is 0.174. The van der Waals surface area contributed by atoms with Crippen LogP contribution in [-0.2, 0) is 21.2 Å². The number of anilines is 1. The second-order valence-electron chi connectivity index (χ2n) is 7.34. The Bertz CT molecular complexity index is 1410. The Morgan fingerprint density at radius 2 is 1.94 bits per heavy atom. The summed E-state index contributed by atoms with van der Waals surface area (Å²) in [5.74, 6) is -0.755. The Hall–Kier alpha value is -3.01. The van der Waals surface area contributed by atoms with Crippen LogP contribution < -0.4 is 9.64 Å². The number of amides is 1. The predicted octanol–water partition coefficient (Wildman–Crippen LogP) is 4.67. The van der Waals surface area contributed by atoms with Crippen LogP contribution in [0.3, 0.4) is 0 Å². The number of nitrogens with zero attached hydrogens (tertiary/aromatic N) is 3. The van der Waals surface area contributed by atoms with Crippen LogP contribution in [0.4, 0.5) is 5.13 Å². The lowest BCUT2D eigenvalue weighted by atomic mass is 10.2. The number of sulfone groups is 1. The zero-order chi connectivity index (χ0) is 23.6. The van der Waals surface area contributed by atoms with Crippen molar-refractivity contribution >= 4 is 54.0 Å². The lowest BCUT2D eigenvalue weighted by Gasteiger charge is -2.20. The van der Waals surface area contributed by atoms with Crippen molar-refractivity contribution in [2.45, 2.75) is 18.4 Å². The molecule has 0 atom stereocenters. The predicted molar refractivity (Wildman–Crippen MR) is 130 cm³/mol. The number of hydrogen-bond acceptors (Lipinski definition) is 7. The van der Waals surface area contributed by atoms with E-state index < -0.39 is 21.5 Å². The lowest BCUT2D eigenvalue weighted by molar-refractivity contribution is -0.116. The van der Waals surface area contributed by atoms with E-state index >= 15 is 0 Å². The van der Waals surface area contributed by atoms with Crippen LogP contribution in [0.25, 0.3) is 10.2 Å². The van der Waals surface area contributed by atoms with E-state index in [0.717, 1.165) is 21.3 Å². The highest BCUT2D eigenvalue weighted by Gasteiger charge is 2.27. The van der Waals surface area contributed by atoms with Crippen LogP contribution in [-0.4, -0.2) is 37.2 Å². The van der Waals surface area contributed by atoms with E-state index in [-0.39, 0.29) is 11.4 Å². The standard InChI is InChI=1S/C23H20ClN3O4S2/c1-15-10-17(24)11-20-22(15)26-23(32-20)27(13-16-4-3-9-25-12-16)21(28)14-33(29,30)19-7-5-18(31-2)6-8-19/h3-12H,13-14H2,1-2H3. The first-order chi connectivity index (χ1) is 15.8. The SMILES string of the molecule is COc1ccc(S(=O)(=O)CC(=O)N(Cc2cccnc2)c2nc3c(C)cc(Cl)cc3s2)cc1. The molecular weight excluding hydrogens is 482 g/mol. The molecule has 0 unspecified atom stereocenters. The number of fused-ring (bicyclic) bond motifs is 1. The molecule has 33 heavy (non-hydrogen) atoms. The molecule has 2 aromatic heterocycles. The number of methoxy groups -OCH3 is 1. The molecule has 4 aromatic rings. The van der Waals surface area contributed by atoms with Crippen molar-refractivity contribution in [1.29, 1.82) is 0 Å². The molecule has 0 saturated heterocycles. The highest BCUT2D eigenvalue weighted by molar-refractivity contribution is 7.92.